The van der Waals surface area contributed by atoms with E-state index in [-0.39, 0.29) is 5.91 Å². The number of rotatable bonds is 2. The average Bonchev–Trinajstić information content (AvgIpc) is 3.01. The van der Waals surface area contributed by atoms with Crippen LogP contribution < -0.4 is 4.90 Å². The number of carbonyl (C=O) groups excluding carboxylic acids is 1. The summed E-state index contributed by atoms with van der Waals surface area (Å²) in [5.74, 6) is 0.701. The number of nitrogens with zero attached hydrogens (tertiary/aromatic N) is 3. The molecule has 0 atom stereocenters. The van der Waals surface area contributed by atoms with E-state index in [1.54, 1.807) is 18.9 Å². The van der Waals surface area contributed by atoms with Gasteiger partial charge in [-0.25, -0.2) is 4.98 Å². The minimum absolute atomic E-state index is 0.0510. The highest BCUT2D eigenvalue weighted by Crippen LogP contribution is 2.34. The van der Waals surface area contributed by atoms with Crippen LogP contribution in [-0.4, -0.2) is 22.3 Å². The van der Waals surface area contributed by atoms with Crippen molar-refractivity contribution in [1.29, 1.82) is 0 Å². The number of carbonyl (C=O) groups is 1. The lowest BCUT2D eigenvalue weighted by Crippen LogP contribution is -2.25. The third-order valence-corrected chi connectivity index (χ3v) is 4.63. The fourth-order valence-electron chi connectivity index (χ4n) is 3.03. The smallest absolute Gasteiger partial charge is 0.224 e. The molecule has 2 heterocycles. The molecule has 4 nitrogen and oxygen atoms in total. The fourth-order valence-corrected chi connectivity index (χ4v) is 3.16. The van der Waals surface area contributed by atoms with Crippen molar-refractivity contribution >= 4 is 39.9 Å². The zero-order valence-corrected chi connectivity index (χ0v) is 14.7. The number of halogens is 1. The predicted molar refractivity (Wildman–Crippen MR) is 102 cm³/mol. The molecule has 0 aliphatic rings. The van der Waals surface area contributed by atoms with Gasteiger partial charge in [-0.3, -0.25) is 14.1 Å². The Labute approximate surface area is 150 Å². The van der Waals surface area contributed by atoms with Gasteiger partial charge in [0.1, 0.15) is 17.2 Å². The van der Waals surface area contributed by atoms with Crippen LogP contribution >= 0.6 is 11.6 Å². The molecule has 0 saturated carbocycles. The van der Waals surface area contributed by atoms with Gasteiger partial charge in [-0.05, 0) is 35.7 Å². The fraction of sp³-hybridized carbons (Fsp3) is 0.100. The number of anilines is 1. The molecule has 0 radical (unpaired) electrons. The Morgan fingerprint density at radius 1 is 1.04 bits per heavy atom. The number of aromatic nitrogens is 2. The highest BCUT2D eigenvalue weighted by atomic mass is 35.5. The molecule has 0 fully saturated rings. The molecule has 1 amide bonds. The van der Waals surface area contributed by atoms with Gasteiger partial charge in [0.25, 0.3) is 0 Å². The molecule has 0 saturated heterocycles. The Kier molecular flexibility index (Phi) is 3.70. The number of hydrogen-bond donors (Lipinski definition) is 0. The summed E-state index contributed by atoms with van der Waals surface area (Å²) in [7, 11) is 1.77. The Morgan fingerprint density at radius 3 is 2.48 bits per heavy atom. The van der Waals surface area contributed by atoms with Gasteiger partial charge in [-0.15, -0.1) is 0 Å². The van der Waals surface area contributed by atoms with Gasteiger partial charge in [0.15, 0.2) is 0 Å². The Hall–Kier alpha value is -2.85. The highest BCUT2D eigenvalue weighted by Gasteiger charge is 2.21. The van der Waals surface area contributed by atoms with Crippen LogP contribution in [0.2, 0.25) is 5.02 Å². The number of para-hydroxylation sites is 1. The van der Waals surface area contributed by atoms with Crippen molar-refractivity contribution in [1.82, 2.24) is 9.38 Å². The van der Waals surface area contributed by atoms with Crippen molar-refractivity contribution in [3.05, 3.63) is 65.7 Å². The maximum Gasteiger partial charge on any atom is 0.224 e. The van der Waals surface area contributed by atoms with Crippen molar-refractivity contribution < 1.29 is 4.79 Å². The number of pyridine rings is 1. The molecule has 0 spiro atoms. The van der Waals surface area contributed by atoms with E-state index < -0.39 is 0 Å². The SMILES string of the molecule is CC(=O)N(C)c1c(-c2ccc(Cl)cc2)nc2ccc3ccccc3n12. The molecule has 0 aliphatic heterocycles. The molecule has 25 heavy (non-hydrogen) atoms. The zero-order valence-electron chi connectivity index (χ0n) is 13.9. The van der Waals surface area contributed by atoms with Crippen LogP contribution in [0.4, 0.5) is 5.82 Å². The molecule has 5 heteroatoms. The van der Waals surface area contributed by atoms with E-state index in [0.29, 0.717) is 5.02 Å². The van der Waals surface area contributed by atoms with Crippen LogP contribution in [0.15, 0.2) is 60.7 Å². The second-order valence-electron chi connectivity index (χ2n) is 5.95. The van der Waals surface area contributed by atoms with Gasteiger partial charge in [0.2, 0.25) is 5.91 Å². The summed E-state index contributed by atoms with van der Waals surface area (Å²) >= 11 is 6.02. The number of benzene rings is 2. The second kappa shape index (κ2) is 5.90. The molecule has 0 bridgehead atoms. The molecule has 0 N–H and O–H groups in total. The second-order valence-corrected chi connectivity index (χ2v) is 6.39. The van der Waals surface area contributed by atoms with Crippen molar-refractivity contribution in [2.45, 2.75) is 6.92 Å². The first kappa shape index (κ1) is 15.7. The van der Waals surface area contributed by atoms with Crippen LogP contribution in [0.3, 0.4) is 0 Å². The zero-order chi connectivity index (χ0) is 17.6. The highest BCUT2D eigenvalue weighted by molar-refractivity contribution is 6.30. The van der Waals surface area contributed by atoms with E-state index in [0.717, 1.165) is 33.6 Å². The van der Waals surface area contributed by atoms with Crippen molar-refractivity contribution in [2.24, 2.45) is 0 Å². The minimum Gasteiger partial charge on any atom is -0.299 e. The number of fused-ring (bicyclic) bond motifs is 3. The lowest BCUT2D eigenvalue weighted by molar-refractivity contribution is -0.116. The molecule has 2 aromatic carbocycles. The molecule has 0 aliphatic carbocycles. The quantitative estimate of drug-likeness (QED) is 0.521. The van der Waals surface area contributed by atoms with Gasteiger partial charge < -0.3 is 0 Å². The summed E-state index contributed by atoms with van der Waals surface area (Å²) < 4.78 is 2.03. The lowest BCUT2D eigenvalue weighted by atomic mass is 10.1. The molecular weight excluding hydrogens is 334 g/mol. The van der Waals surface area contributed by atoms with E-state index >= 15 is 0 Å². The van der Waals surface area contributed by atoms with Gasteiger partial charge in [-0.1, -0.05) is 41.9 Å². The molecule has 4 aromatic rings. The van der Waals surface area contributed by atoms with Crippen LogP contribution in [0.25, 0.3) is 27.8 Å². The largest absolute Gasteiger partial charge is 0.299 e. The Morgan fingerprint density at radius 2 is 1.76 bits per heavy atom. The lowest BCUT2D eigenvalue weighted by Gasteiger charge is -2.17. The molecule has 0 unspecified atom stereocenters. The number of imidazole rings is 1. The number of hydrogen-bond acceptors (Lipinski definition) is 2. The van der Waals surface area contributed by atoms with Crippen LogP contribution in [0, 0.1) is 0 Å². The topological polar surface area (TPSA) is 37.6 Å². The summed E-state index contributed by atoms with van der Waals surface area (Å²) in [6.45, 7) is 1.55. The van der Waals surface area contributed by atoms with Gasteiger partial charge in [0.05, 0.1) is 5.52 Å². The third kappa shape index (κ3) is 2.55. The predicted octanol–water partition coefficient (Wildman–Crippen LogP) is 4.79. The normalized spacial score (nSPS) is 11.2. The van der Waals surface area contributed by atoms with Gasteiger partial charge in [0, 0.05) is 24.6 Å². The summed E-state index contributed by atoms with van der Waals surface area (Å²) in [5.41, 5.74) is 3.48. The first-order valence-electron chi connectivity index (χ1n) is 7.96. The monoisotopic (exact) mass is 349 g/mol. The first-order valence-corrected chi connectivity index (χ1v) is 8.34. The summed E-state index contributed by atoms with van der Waals surface area (Å²) in [6.07, 6.45) is 0. The summed E-state index contributed by atoms with van der Waals surface area (Å²) in [5, 5.41) is 1.76. The van der Waals surface area contributed by atoms with Gasteiger partial charge in [-0.2, -0.15) is 0 Å². The Bertz CT molecular complexity index is 1100. The Balaban J connectivity index is 2.12. The van der Waals surface area contributed by atoms with E-state index in [4.69, 9.17) is 16.6 Å². The molecular formula is C20H16ClN3O. The average molecular weight is 350 g/mol. The molecule has 4 rings (SSSR count). The third-order valence-electron chi connectivity index (χ3n) is 4.38. The van der Waals surface area contributed by atoms with E-state index in [1.807, 2.05) is 65.1 Å². The molecule has 124 valence electrons. The minimum atomic E-state index is -0.0510. The molecule has 2 aromatic heterocycles. The van der Waals surface area contributed by atoms with E-state index in [9.17, 15) is 4.79 Å². The van der Waals surface area contributed by atoms with E-state index in [1.165, 1.54) is 0 Å². The maximum atomic E-state index is 12.1. The maximum absolute atomic E-state index is 12.1. The summed E-state index contributed by atoms with van der Waals surface area (Å²) in [6, 6.07) is 19.6. The summed E-state index contributed by atoms with van der Waals surface area (Å²) in [4.78, 5) is 18.6. The number of amides is 1. The van der Waals surface area contributed by atoms with Crippen molar-refractivity contribution in [2.75, 3.05) is 11.9 Å². The van der Waals surface area contributed by atoms with Crippen molar-refractivity contribution in [3.8, 4) is 11.3 Å². The standard InChI is InChI=1S/C20H16ClN3O/c1-13(25)23(2)20-19(15-7-10-16(21)11-8-15)22-18-12-9-14-5-3-4-6-17(14)24(18)20/h3-12H,1-2H3. The van der Waals surface area contributed by atoms with Crippen LogP contribution in [0.1, 0.15) is 6.92 Å². The van der Waals surface area contributed by atoms with Crippen molar-refractivity contribution in [3.63, 3.8) is 0 Å². The van der Waals surface area contributed by atoms with E-state index in [2.05, 4.69) is 0 Å². The van der Waals surface area contributed by atoms with Gasteiger partial charge >= 0.3 is 0 Å². The first-order chi connectivity index (χ1) is 12.1. The van der Waals surface area contributed by atoms with Crippen LogP contribution in [-0.2, 0) is 4.79 Å². The van der Waals surface area contributed by atoms with Crippen LogP contribution in [0.5, 0.6) is 0 Å².